The van der Waals surface area contributed by atoms with Crippen molar-refractivity contribution in [3.8, 4) is 0 Å². The zero-order chi connectivity index (χ0) is 18.4. The van der Waals surface area contributed by atoms with Gasteiger partial charge >= 0.3 is 0 Å². The van der Waals surface area contributed by atoms with Gasteiger partial charge in [-0.2, -0.15) is 0 Å². The van der Waals surface area contributed by atoms with Crippen molar-refractivity contribution in [1.82, 2.24) is 0 Å². The van der Waals surface area contributed by atoms with Crippen LogP contribution in [0.3, 0.4) is 0 Å². The molecule has 0 spiro atoms. The number of rotatable bonds is 11. The maximum atomic E-state index is 2.52. The minimum absolute atomic E-state index is 0.434. The van der Waals surface area contributed by atoms with Crippen LogP contribution in [0.1, 0.15) is 82.1 Å². The van der Waals surface area contributed by atoms with Crippen LogP contribution in [-0.4, -0.2) is 11.0 Å². The first-order valence-corrected chi connectivity index (χ1v) is 12.5. The molecule has 0 aromatic rings. The highest BCUT2D eigenvalue weighted by molar-refractivity contribution is 14.1. The predicted molar refractivity (Wildman–Crippen MR) is 123 cm³/mol. The molecule has 0 aromatic heterocycles. The molecule has 23 heavy (non-hydrogen) atoms. The molecule has 0 saturated carbocycles. The molecule has 0 nitrogen and oxygen atoms in total. The molecule has 138 valence electrons. The van der Waals surface area contributed by atoms with Crippen molar-refractivity contribution in [2.75, 3.05) is 6.16 Å². The molecule has 0 aromatic carbocycles. The topological polar surface area (TPSA) is 0 Å². The van der Waals surface area contributed by atoms with E-state index in [1.165, 1.54) is 23.9 Å². The van der Waals surface area contributed by atoms with Crippen LogP contribution in [0.15, 0.2) is 0 Å². The van der Waals surface area contributed by atoms with E-state index in [-0.39, 0.29) is 0 Å². The van der Waals surface area contributed by atoms with E-state index < -0.39 is 0 Å². The maximum Gasteiger partial charge on any atom is 0.225 e. The second kappa shape index (κ2) is 10.4. The van der Waals surface area contributed by atoms with Gasteiger partial charge in [0.1, 0.15) is 0 Å². The Hall–Kier alpha value is 1.22. The van der Waals surface area contributed by atoms with Crippen molar-refractivity contribution in [2.45, 2.75) is 82.1 Å². The lowest BCUT2D eigenvalue weighted by Gasteiger charge is -2.42. The third-order valence-corrected chi connectivity index (χ3v) is 9.47. The average molecular weight is 452 g/mol. The Morgan fingerprint density at radius 2 is 1.39 bits per heavy atom. The summed E-state index contributed by atoms with van der Waals surface area (Å²) in [6, 6.07) is 0. The van der Waals surface area contributed by atoms with Gasteiger partial charge in [0.15, 0.2) is 0 Å². The fraction of sp³-hybridized carbons (Fsp3) is 1.00. The Labute approximate surface area is 164 Å². The fourth-order valence-corrected chi connectivity index (χ4v) is 5.86. The molecule has 0 radical (unpaired) electrons. The van der Waals surface area contributed by atoms with Crippen LogP contribution in [0.25, 0.3) is 0 Å². The molecule has 0 heterocycles. The summed E-state index contributed by atoms with van der Waals surface area (Å²) in [5.74, 6) is 4.01. The summed E-state index contributed by atoms with van der Waals surface area (Å²) in [6.45, 7) is 24.6. The Morgan fingerprint density at radius 3 is 1.83 bits per heavy atom. The molecule has 3 heteroatoms. The summed E-state index contributed by atoms with van der Waals surface area (Å²) in [5, 5.41) is 0. The molecule has 5 unspecified atom stereocenters. The van der Waals surface area contributed by atoms with E-state index in [0.29, 0.717) is 10.8 Å². The highest BCUT2D eigenvalue weighted by Crippen LogP contribution is 2.44. The Balaban J connectivity index is 4.74. The molecular weight excluding hydrogens is 409 g/mol. The molecule has 0 N–H and O–H groups in total. The van der Waals surface area contributed by atoms with Gasteiger partial charge in [-0.05, 0) is 59.4 Å². The van der Waals surface area contributed by atoms with Gasteiger partial charge in [0.05, 0.1) is 0 Å². The average Bonchev–Trinajstić information content (AvgIpc) is 2.42. The van der Waals surface area contributed by atoms with Gasteiger partial charge in [-0.3, -0.25) is 0 Å². The first kappa shape index (κ1) is 24.2. The quantitative estimate of drug-likeness (QED) is 0.174. The molecule has 0 aliphatic rings. The third kappa shape index (κ3) is 8.93. The minimum Gasteiger partial charge on any atom is -0.148 e. The van der Waals surface area contributed by atoms with Crippen LogP contribution in [0, 0.1) is 40.4 Å². The monoisotopic (exact) mass is 452 g/mol. The van der Waals surface area contributed by atoms with Crippen molar-refractivity contribution < 1.29 is 0 Å². The predicted octanol–water partition coefficient (Wildman–Crippen LogP) is 7.40. The summed E-state index contributed by atoms with van der Waals surface area (Å²) in [5.41, 5.74) is 0.938. The Bertz CT molecular complexity index is 328. The summed E-state index contributed by atoms with van der Waals surface area (Å²) in [6.07, 6.45) is 4.12. The molecule has 5 atom stereocenters. The lowest BCUT2D eigenvalue weighted by Crippen LogP contribution is -2.33. The van der Waals surface area contributed by atoms with Gasteiger partial charge in [-0.25, -0.2) is 0 Å². The molecule has 0 bridgehead atoms. The first-order valence-electron chi connectivity index (χ1n) is 9.60. The second-order valence-corrected chi connectivity index (χ2v) is 13.4. The minimum atomic E-state index is 0.434. The number of hydrogen-bond donors (Lipinski definition) is 0. The van der Waals surface area contributed by atoms with Crippen LogP contribution >= 0.6 is 30.8 Å². The molecular formula is C20H43BIP. The normalized spacial score (nSPS) is 19.1. The van der Waals surface area contributed by atoms with Gasteiger partial charge < -0.3 is 0 Å². The van der Waals surface area contributed by atoms with Gasteiger partial charge in [0.25, 0.3) is 0 Å². The molecule has 0 fully saturated rings. The van der Waals surface area contributed by atoms with Crippen molar-refractivity contribution in [3.05, 3.63) is 0 Å². The summed E-state index contributed by atoms with van der Waals surface area (Å²) in [7, 11) is 1.12. The standard InChI is InChI=1S/C20H43BIP/c1-14(2)17(5)15(3)12-20(9,10)18(6)16(4)11-19(7,8)13-23-21-22/h14-18,21,23H,11-13H2,1-10H3. The van der Waals surface area contributed by atoms with E-state index in [0.717, 1.165) is 38.0 Å². The van der Waals surface area contributed by atoms with E-state index in [4.69, 9.17) is 0 Å². The van der Waals surface area contributed by atoms with Crippen LogP contribution in [-0.2, 0) is 0 Å². The second-order valence-electron chi connectivity index (χ2n) is 9.97. The van der Waals surface area contributed by atoms with Crippen LogP contribution in [0.4, 0.5) is 0 Å². The number of hydrogen-bond acceptors (Lipinski definition) is 0. The zero-order valence-electron chi connectivity index (χ0n) is 17.6. The van der Waals surface area contributed by atoms with Crippen molar-refractivity contribution in [1.29, 1.82) is 0 Å². The summed E-state index contributed by atoms with van der Waals surface area (Å²) >= 11 is 2.52. The van der Waals surface area contributed by atoms with Gasteiger partial charge in [-0.1, -0.05) is 69.2 Å². The number of halogens is 1. The van der Waals surface area contributed by atoms with Crippen molar-refractivity contribution in [2.24, 2.45) is 40.4 Å². The van der Waals surface area contributed by atoms with Gasteiger partial charge in [0, 0.05) is 0 Å². The Kier molecular flexibility index (Phi) is 10.9. The van der Waals surface area contributed by atoms with E-state index in [9.17, 15) is 0 Å². The van der Waals surface area contributed by atoms with E-state index in [2.05, 4.69) is 91.6 Å². The third-order valence-electron chi connectivity index (χ3n) is 6.46. The largest absolute Gasteiger partial charge is 0.225 e. The maximum absolute atomic E-state index is 2.52. The van der Waals surface area contributed by atoms with E-state index in [1.807, 2.05) is 0 Å². The highest BCUT2D eigenvalue weighted by Gasteiger charge is 2.35. The van der Waals surface area contributed by atoms with Crippen LogP contribution in [0.5, 0.6) is 0 Å². The highest BCUT2D eigenvalue weighted by atomic mass is 127. The Morgan fingerprint density at radius 1 is 0.870 bits per heavy atom. The summed E-state index contributed by atoms with van der Waals surface area (Å²) < 4.78 is 0. The smallest absolute Gasteiger partial charge is 0.148 e. The van der Waals surface area contributed by atoms with Crippen LogP contribution in [0.2, 0.25) is 0 Å². The first-order chi connectivity index (χ1) is 10.3. The molecule has 0 rings (SSSR count). The van der Waals surface area contributed by atoms with E-state index >= 15 is 0 Å². The lowest BCUT2D eigenvalue weighted by molar-refractivity contribution is 0.0885. The summed E-state index contributed by atoms with van der Waals surface area (Å²) in [4.78, 5) is 1.32. The van der Waals surface area contributed by atoms with Crippen LogP contribution < -0.4 is 0 Å². The SMILES string of the molecule is CC(C)C(C)C(C)CC(C)(C)C(C)C(C)CC(C)(C)CPBI. The van der Waals surface area contributed by atoms with Gasteiger partial charge in [-0.15, -0.1) is 30.8 Å². The van der Waals surface area contributed by atoms with Crippen molar-refractivity contribution >= 4 is 35.7 Å². The lowest BCUT2D eigenvalue weighted by atomic mass is 9.64. The molecule has 0 amide bonds. The molecule has 0 saturated heterocycles. The molecule has 0 aliphatic carbocycles. The zero-order valence-corrected chi connectivity index (χ0v) is 20.8. The van der Waals surface area contributed by atoms with Crippen molar-refractivity contribution in [3.63, 3.8) is 0 Å². The fourth-order valence-electron chi connectivity index (χ4n) is 4.14. The molecule has 0 aliphatic heterocycles. The van der Waals surface area contributed by atoms with E-state index in [1.54, 1.807) is 0 Å². The van der Waals surface area contributed by atoms with Gasteiger partial charge in [0.2, 0.25) is 4.86 Å².